The van der Waals surface area contributed by atoms with Crippen LogP contribution in [0.15, 0.2) is 0 Å². The topological polar surface area (TPSA) is 100 Å². The van der Waals surface area contributed by atoms with Crippen LogP contribution in [-0.2, 0) is 0 Å². The van der Waals surface area contributed by atoms with Crippen LogP contribution in [0.2, 0.25) is 0 Å². The second kappa shape index (κ2) is 18.1. The summed E-state index contributed by atoms with van der Waals surface area (Å²) in [5, 5.41) is 41.1. The predicted molar refractivity (Wildman–Crippen MR) is 155 cm³/mol. The smallest absolute Gasteiger partial charge is 0.0793 e. The molecule has 2 rings (SSSR count). The Balaban J connectivity index is 1.99. The highest BCUT2D eigenvalue weighted by Gasteiger charge is 2.23. The van der Waals surface area contributed by atoms with Crippen LogP contribution < -0.4 is 0 Å². The molecule has 0 aromatic heterocycles. The summed E-state index contributed by atoms with van der Waals surface area (Å²) in [7, 11) is 0. The first-order valence-electron chi connectivity index (χ1n) is 15.1. The lowest BCUT2D eigenvalue weighted by Crippen LogP contribution is -2.46. The minimum atomic E-state index is -0.448. The van der Waals surface area contributed by atoms with Crippen LogP contribution >= 0.6 is 0 Å². The van der Waals surface area contributed by atoms with Gasteiger partial charge in [0.1, 0.15) is 0 Å². The van der Waals surface area contributed by atoms with E-state index >= 15 is 0 Å². The molecule has 1 unspecified atom stereocenters. The van der Waals surface area contributed by atoms with E-state index in [2.05, 4.69) is 43.2 Å². The molecule has 0 bridgehead atoms. The molecular formula is C28H60N6O4. The van der Waals surface area contributed by atoms with Crippen molar-refractivity contribution in [1.29, 1.82) is 0 Å². The fraction of sp³-hybridized carbons (Fsp3) is 1.00. The van der Waals surface area contributed by atoms with Gasteiger partial charge in [-0.1, -0.05) is 13.8 Å². The Bertz CT molecular complexity index is 518. The summed E-state index contributed by atoms with van der Waals surface area (Å²) in [5.74, 6) is 0.609. The summed E-state index contributed by atoms with van der Waals surface area (Å²) in [6.07, 6.45) is -1.54. The van der Waals surface area contributed by atoms with Gasteiger partial charge in [0.05, 0.1) is 24.4 Å². The van der Waals surface area contributed by atoms with Crippen LogP contribution in [0.25, 0.3) is 0 Å². The highest BCUT2D eigenvalue weighted by Crippen LogP contribution is 2.08. The minimum Gasteiger partial charge on any atom is -0.392 e. The molecule has 38 heavy (non-hydrogen) atoms. The van der Waals surface area contributed by atoms with Crippen LogP contribution in [0.1, 0.15) is 34.6 Å². The molecule has 226 valence electrons. The van der Waals surface area contributed by atoms with Gasteiger partial charge in [0, 0.05) is 118 Å². The Morgan fingerprint density at radius 3 is 0.789 bits per heavy atom. The Morgan fingerprint density at radius 1 is 0.368 bits per heavy atom. The molecule has 2 saturated heterocycles. The first kappa shape index (κ1) is 33.8. The number of rotatable bonds is 12. The maximum absolute atomic E-state index is 11.2. The average molecular weight is 545 g/mol. The summed E-state index contributed by atoms with van der Waals surface area (Å²) < 4.78 is 0. The van der Waals surface area contributed by atoms with Gasteiger partial charge >= 0.3 is 0 Å². The monoisotopic (exact) mass is 544 g/mol. The summed E-state index contributed by atoms with van der Waals surface area (Å²) in [6, 6.07) is 0. The van der Waals surface area contributed by atoms with E-state index in [0.717, 1.165) is 85.1 Å². The van der Waals surface area contributed by atoms with Crippen LogP contribution in [0.4, 0.5) is 0 Å². The van der Waals surface area contributed by atoms with Gasteiger partial charge in [0.2, 0.25) is 0 Å². The molecule has 2 fully saturated rings. The second-order valence-corrected chi connectivity index (χ2v) is 12.4. The van der Waals surface area contributed by atoms with Crippen LogP contribution in [0, 0.1) is 5.92 Å². The Kier molecular flexibility index (Phi) is 16.1. The van der Waals surface area contributed by atoms with Crippen LogP contribution in [-0.4, -0.2) is 192 Å². The first-order chi connectivity index (χ1) is 18.0. The SMILES string of the molecule is CC(C)CN1CCN(CC(O)CN2CCN(C[C@H](C)O)CCN(C[C@H](C)O)CC2)CCN(C[C@H](C)O)CC1. The van der Waals surface area contributed by atoms with E-state index in [1.807, 2.05) is 20.8 Å². The van der Waals surface area contributed by atoms with Crippen LogP contribution in [0.3, 0.4) is 0 Å². The summed E-state index contributed by atoms with van der Waals surface area (Å²) in [5.41, 5.74) is 0. The molecule has 10 nitrogen and oxygen atoms in total. The zero-order valence-electron chi connectivity index (χ0n) is 25.1. The molecule has 2 aliphatic rings. The van der Waals surface area contributed by atoms with Gasteiger partial charge in [-0.05, 0) is 26.7 Å². The predicted octanol–water partition coefficient (Wildman–Crippen LogP) is -1.02. The fourth-order valence-electron chi connectivity index (χ4n) is 5.75. The number of aliphatic hydroxyl groups excluding tert-OH is 4. The third-order valence-corrected chi connectivity index (χ3v) is 7.52. The number of β-amino-alcohol motifs (C(OH)–C–C–N with tert-alkyl or cyclic N) is 4. The lowest BCUT2D eigenvalue weighted by molar-refractivity contribution is 0.0601. The van der Waals surface area contributed by atoms with Crippen molar-refractivity contribution < 1.29 is 20.4 Å². The van der Waals surface area contributed by atoms with Gasteiger partial charge in [-0.2, -0.15) is 0 Å². The van der Waals surface area contributed by atoms with E-state index in [4.69, 9.17) is 0 Å². The number of nitrogens with zero attached hydrogens (tertiary/aromatic N) is 6. The molecular weight excluding hydrogens is 484 g/mol. The maximum Gasteiger partial charge on any atom is 0.0793 e. The summed E-state index contributed by atoms with van der Waals surface area (Å²) in [4.78, 5) is 14.2. The third kappa shape index (κ3) is 14.8. The van der Waals surface area contributed by atoms with Gasteiger partial charge in [-0.25, -0.2) is 0 Å². The lowest BCUT2D eigenvalue weighted by atomic mass is 10.2. The van der Waals surface area contributed by atoms with E-state index in [0.29, 0.717) is 38.6 Å². The third-order valence-electron chi connectivity index (χ3n) is 7.52. The average Bonchev–Trinajstić information content (AvgIpc) is 2.94. The molecule has 0 aromatic rings. The largest absolute Gasteiger partial charge is 0.392 e. The van der Waals surface area contributed by atoms with E-state index in [1.165, 1.54) is 0 Å². The first-order valence-corrected chi connectivity index (χ1v) is 15.1. The molecule has 0 radical (unpaired) electrons. The van der Waals surface area contributed by atoms with Crippen molar-refractivity contribution in [2.75, 3.05) is 118 Å². The van der Waals surface area contributed by atoms with Crippen molar-refractivity contribution >= 4 is 0 Å². The van der Waals surface area contributed by atoms with Gasteiger partial charge in [-0.15, -0.1) is 0 Å². The molecule has 4 atom stereocenters. The van der Waals surface area contributed by atoms with E-state index in [9.17, 15) is 20.4 Å². The molecule has 0 aliphatic carbocycles. The Hall–Kier alpha value is -0.400. The Labute approximate surface area is 232 Å². The highest BCUT2D eigenvalue weighted by molar-refractivity contribution is 4.79. The fourth-order valence-corrected chi connectivity index (χ4v) is 5.75. The number of hydrogen-bond donors (Lipinski definition) is 4. The van der Waals surface area contributed by atoms with Crippen molar-refractivity contribution in [1.82, 2.24) is 29.4 Å². The number of hydrogen-bond acceptors (Lipinski definition) is 10. The van der Waals surface area contributed by atoms with E-state index < -0.39 is 6.10 Å². The molecule has 0 amide bonds. The maximum atomic E-state index is 11.2. The molecule has 0 saturated carbocycles. The quantitative estimate of drug-likeness (QED) is 0.244. The second-order valence-electron chi connectivity index (χ2n) is 12.4. The zero-order chi connectivity index (χ0) is 28.1. The van der Waals surface area contributed by atoms with Crippen molar-refractivity contribution in [3.05, 3.63) is 0 Å². The normalized spacial score (nSPS) is 25.1. The van der Waals surface area contributed by atoms with Crippen molar-refractivity contribution in [3.63, 3.8) is 0 Å². The molecule has 2 heterocycles. The van der Waals surface area contributed by atoms with E-state index in [1.54, 1.807) is 0 Å². The van der Waals surface area contributed by atoms with Gasteiger partial charge in [0.15, 0.2) is 0 Å². The summed E-state index contributed by atoms with van der Waals surface area (Å²) in [6.45, 7) is 25.2. The summed E-state index contributed by atoms with van der Waals surface area (Å²) >= 11 is 0. The standard InChI is InChI=1S/C28H60N6O4/c1-24(2)18-29-6-8-30(19-25(3)35)11-15-33(14-7-29)22-28(38)23-34-16-12-31(20-26(4)36)9-10-32(13-17-34)21-27(5)37/h24-28,35-38H,6-23H2,1-5H3/t25-,26-,27-,28?/m0/s1. The van der Waals surface area contributed by atoms with Crippen molar-refractivity contribution in [2.24, 2.45) is 5.92 Å². The molecule has 0 spiro atoms. The van der Waals surface area contributed by atoms with Gasteiger partial charge in [-0.3, -0.25) is 24.5 Å². The van der Waals surface area contributed by atoms with Crippen molar-refractivity contribution in [2.45, 2.75) is 59.0 Å². The highest BCUT2D eigenvalue weighted by atomic mass is 16.3. The molecule has 0 aromatic carbocycles. The molecule has 4 N–H and O–H groups in total. The lowest BCUT2D eigenvalue weighted by Gasteiger charge is -2.31. The van der Waals surface area contributed by atoms with Gasteiger partial charge in [0.25, 0.3) is 0 Å². The van der Waals surface area contributed by atoms with Crippen LogP contribution in [0.5, 0.6) is 0 Å². The van der Waals surface area contributed by atoms with Crippen molar-refractivity contribution in [3.8, 4) is 0 Å². The number of aliphatic hydroxyl groups is 4. The molecule has 2 aliphatic heterocycles. The zero-order valence-corrected chi connectivity index (χ0v) is 25.1. The van der Waals surface area contributed by atoms with E-state index in [-0.39, 0.29) is 18.3 Å². The molecule has 10 heteroatoms. The van der Waals surface area contributed by atoms with Gasteiger partial charge < -0.3 is 25.3 Å². The minimum absolute atomic E-state index is 0.341. The Morgan fingerprint density at radius 2 is 0.579 bits per heavy atom.